The Hall–Kier alpha value is -3.70. The van der Waals surface area contributed by atoms with E-state index in [1.54, 1.807) is 10.6 Å². The van der Waals surface area contributed by atoms with Crippen molar-refractivity contribution >= 4 is 11.8 Å². The number of rotatable bonds is 7. The van der Waals surface area contributed by atoms with Crippen LogP contribution >= 0.6 is 0 Å². The minimum Gasteiger partial charge on any atom is -0.454 e. The van der Waals surface area contributed by atoms with E-state index in [4.69, 9.17) is 18.9 Å². The number of hydrogen-bond donors (Lipinski definition) is 2. The van der Waals surface area contributed by atoms with Crippen LogP contribution in [0, 0.1) is 0 Å². The van der Waals surface area contributed by atoms with Gasteiger partial charge in [-0.15, -0.1) is 0 Å². The Kier molecular flexibility index (Phi) is 5.45. The highest BCUT2D eigenvalue weighted by Crippen LogP contribution is 2.36. The summed E-state index contributed by atoms with van der Waals surface area (Å²) >= 11 is 0. The molecule has 2 aromatic rings. The predicted molar refractivity (Wildman–Crippen MR) is 98.7 cm³/mol. The third-order valence-electron chi connectivity index (χ3n) is 4.74. The van der Waals surface area contributed by atoms with Crippen LogP contribution in [0.1, 0.15) is 11.1 Å². The van der Waals surface area contributed by atoms with Gasteiger partial charge < -0.3 is 29.6 Å². The van der Waals surface area contributed by atoms with Gasteiger partial charge in [-0.1, -0.05) is 12.1 Å². The fraction of sp³-hybridized carbons (Fsp3) is 0.300. The Balaban J connectivity index is 1.36. The summed E-state index contributed by atoms with van der Waals surface area (Å²) in [4.78, 5) is 23.6. The molecule has 2 aliphatic heterocycles. The van der Waals surface area contributed by atoms with Crippen molar-refractivity contribution in [1.82, 2.24) is 10.6 Å². The monoisotopic (exact) mass is 456 g/mol. The Labute approximate surface area is 178 Å². The molecule has 0 saturated carbocycles. The Bertz CT molecular complexity index is 979. The van der Waals surface area contributed by atoms with Crippen molar-refractivity contribution in [3.63, 3.8) is 0 Å². The topological polar surface area (TPSA) is 95.1 Å². The van der Waals surface area contributed by atoms with Gasteiger partial charge in [-0.2, -0.15) is 17.6 Å². The van der Waals surface area contributed by atoms with Crippen LogP contribution in [0.4, 0.5) is 17.6 Å². The van der Waals surface area contributed by atoms with Crippen LogP contribution in [0.3, 0.4) is 0 Å². The molecule has 170 valence electrons. The van der Waals surface area contributed by atoms with Crippen LogP contribution in [0.15, 0.2) is 36.4 Å². The fourth-order valence-electron chi connectivity index (χ4n) is 2.97. The first-order valence-electron chi connectivity index (χ1n) is 9.28. The van der Waals surface area contributed by atoms with Gasteiger partial charge in [-0.05, 0) is 35.4 Å². The molecule has 0 fully saturated rings. The van der Waals surface area contributed by atoms with Crippen LogP contribution in [-0.4, -0.2) is 37.2 Å². The van der Waals surface area contributed by atoms with E-state index in [9.17, 15) is 27.2 Å². The molecule has 2 amide bonds. The second-order valence-electron chi connectivity index (χ2n) is 6.89. The lowest BCUT2D eigenvalue weighted by molar-refractivity contribution is -0.211. The van der Waals surface area contributed by atoms with Gasteiger partial charge in [0.2, 0.25) is 13.6 Å². The van der Waals surface area contributed by atoms with Crippen molar-refractivity contribution in [3.8, 4) is 23.0 Å². The minimum atomic E-state index is -5.29. The zero-order chi connectivity index (χ0) is 22.9. The average Bonchev–Trinajstić information content (AvgIpc) is 3.43. The molecular weight excluding hydrogens is 440 g/mol. The highest BCUT2D eigenvalue weighted by atomic mass is 19.3. The molecule has 32 heavy (non-hydrogen) atoms. The first-order chi connectivity index (χ1) is 15.2. The molecular formula is C20H16F4N2O6. The molecule has 12 heteroatoms. The summed E-state index contributed by atoms with van der Waals surface area (Å²) in [6.45, 7) is -1.01. The van der Waals surface area contributed by atoms with Gasteiger partial charge in [-0.3, -0.25) is 9.59 Å². The fourth-order valence-corrected chi connectivity index (χ4v) is 2.97. The number of alkyl halides is 4. The van der Waals surface area contributed by atoms with E-state index < -0.39 is 36.7 Å². The second-order valence-corrected chi connectivity index (χ2v) is 6.89. The van der Waals surface area contributed by atoms with Crippen molar-refractivity contribution in [2.24, 2.45) is 0 Å². The normalized spacial score (nSPS) is 14.2. The summed E-state index contributed by atoms with van der Waals surface area (Å²) in [6.07, 6.45) is 0. The molecule has 2 heterocycles. The summed E-state index contributed by atoms with van der Waals surface area (Å²) in [6, 6.07) is 8.69. The number of nitrogens with one attached hydrogen (secondary N) is 2. The first kappa shape index (κ1) is 21.5. The summed E-state index contributed by atoms with van der Waals surface area (Å²) in [5.41, 5.74) is 0.628. The maximum atomic E-state index is 14.2. The van der Waals surface area contributed by atoms with Gasteiger partial charge in [0, 0.05) is 13.1 Å². The van der Waals surface area contributed by atoms with E-state index in [0.717, 1.165) is 0 Å². The first-order valence-corrected chi connectivity index (χ1v) is 9.28. The molecule has 0 unspecified atom stereocenters. The molecule has 0 bridgehead atoms. The molecule has 0 aromatic heterocycles. The smallest absolute Gasteiger partial charge is 0.395 e. The maximum Gasteiger partial charge on any atom is 0.395 e. The average molecular weight is 456 g/mol. The van der Waals surface area contributed by atoms with Gasteiger partial charge in [-0.25, -0.2) is 0 Å². The van der Waals surface area contributed by atoms with E-state index in [2.05, 4.69) is 0 Å². The Morgan fingerprint density at radius 2 is 1.06 bits per heavy atom. The zero-order valence-corrected chi connectivity index (χ0v) is 16.3. The number of carbonyl (C=O) groups excluding carboxylic acids is 2. The van der Waals surface area contributed by atoms with Crippen LogP contribution in [0.2, 0.25) is 0 Å². The standard InChI is InChI=1S/C20H16F4N2O6/c21-19(22,17(27)25-7-11-1-3-13-15(5-11)31-9-29-13)20(23,24)18(28)26-8-12-2-4-14-16(6-12)32-10-30-14/h1-6H,7-10H2,(H,25,27)(H,26,28). The molecule has 8 nitrogen and oxygen atoms in total. The Morgan fingerprint density at radius 1 is 0.688 bits per heavy atom. The van der Waals surface area contributed by atoms with E-state index in [1.807, 2.05) is 0 Å². The minimum absolute atomic E-state index is 0.0171. The number of carbonyl (C=O) groups is 2. The summed E-state index contributed by atoms with van der Waals surface area (Å²) in [7, 11) is 0. The molecule has 2 aliphatic rings. The number of ether oxygens (including phenoxy) is 4. The number of amides is 2. The lowest BCUT2D eigenvalue weighted by atomic mass is 10.1. The van der Waals surface area contributed by atoms with E-state index >= 15 is 0 Å². The van der Waals surface area contributed by atoms with E-state index in [-0.39, 0.29) is 13.6 Å². The predicted octanol–water partition coefficient (Wildman–Crippen LogP) is 2.35. The lowest BCUT2D eigenvalue weighted by Gasteiger charge is -2.24. The summed E-state index contributed by atoms with van der Waals surface area (Å²) in [5.74, 6) is -13.7. The number of fused-ring (bicyclic) bond motifs is 2. The van der Waals surface area contributed by atoms with Crippen LogP contribution in [-0.2, 0) is 22.7 Å². The van der Waals surface area contributed by atoms with Gasteiger partial charge in [0.1, 0.15) is 0 Å². The third kappa shape index (κ3) is 3.95. The van der Waals surface area contributed by atoms with Crippen molar-refractivity contribution in [2.75, 3.05) is 13.6 Å². The molecule has 2 aromatic carbocycles. The van der Waals surface area contributed by atoms with E-state index in [1.165, 1.54) is 36.4 Å². The van der Waals surface area contributed by atoms with Crippen LogP contribution in [0.5, 0.6) is 23.0 Å². The van der Waals surface area contributed by atoms with Crippen molar-refractivity contribution < 1.29 is 46.1 Å². The molecule has 0 aliphatic carbocycles. The van der Waals surface area contributed by atoms with Gasteiger partial charge in [0.05, 0.1) is 0 Å². The number of benzene rings is 2. The van der Waals surface area contributed by atoms with Gasteiger partial charge >= 0.3 is 11.8 Å². The highest BCUT2D eigenvalue weighted by Gasteiger charge is 2.66. The summed E-state index contributed by atoms with van der Waals surface area (Å²) in [5, 5.41) is 3.44. The van der Waals surface area contributed by atoms with Crippen LogP contribution in [0.25, 0.3) is 0 Å². The molecule has 0 spiro atoms. The van der Waals surface area contributed by atoms with E-state index in [0.29, 0.717) is 34.1 Å². The molecule has 0 saturated heterocycles. The number of hydrogen-bond acceptors (Lipinski definition) is 6. The van der Waals surface area contributed by atoms with Crippen molar-refractivity contribution in [3.05, 3.63) is 47.5 Å². The van der Waals surface area contributed by atoms with Crippen molar-refractivity contribution in [1.29, 1.82) is 0 Å². The quantitative estimate of drug-likeness (QED) is 0.622. The van der Waals surface area contributed by atoms with Crippen molar-refractivity contribution in [2.45, 2.75) is 24.9 Å². The zero-order valence-electron chi connectivity index (χ0n) is 16.3. The van der Waals surface area contributed by atoms with Crippen LogP contribution < -0.4 is 29.6 Å². The summed E-state index contributed by atoms with van der Waals surface area (Å²) < 4.78 is 77.1. The molecule has 0 radical (unpaired) electrons. The SMILES string of the molecule is O=C(NCc1ccc2c(c1)OCO2)C(F)(F)C(F)(F)C(=O)NCc1ccc2c(c1)OCO2. The molecule has 4 rings (SSSR count). The second kappa shape index (κ2) is 8.09. The lowest BCUT2D eigenvalue weighted by Crippen LogP contribution is -2.59. The molecule has 2 N–H and O–H groups in total. The highest BCUT2D eigenvalue weighted by molar-refractivity contribution is 5.95. The third-order valence-corrected chi connectivity index (χ3v) is 4.74. The Morgan fingerprint density at radius 3 is 1.47 bits per heavy atom. The maximum absolute atomic E-state index is 14.2. The largest absolute Gasteiger partial charge is 0.454 e. The van der Waals surface area contributed by atoms with Gasteiger partial charge in [0.15, 0.2) is 23.0 Å². The number of halogens is 4. The molecule has 0 atom stereocenters. The van der Waals surface area contributed by atoms with Gasteiger partial charge in [0.25, 0.3) is 11.8 Å².